The average molecular weight is 344 g/mol. The lowest BCUT2D eigenvalue weighted by molar-refractivity contribution is 1.32. The van der Waals surface area contributed by atoms with Gasteiger partial charge in [-0.15, -0.1) is 0 Å². The molecule has 0 nitrogen and oxygen atoms in total. The summed E-state index contributed by atoms with van der Waals surface area (Å²) in [5, 5.41) is 1.13. The van der Waals surface area contributed by atoms with Gasteiger partial charge in [-0.2, -0.15) is 0 Å². The molecule has 3 heteroatoms. The highest BCUT2D eigenvalue weighted by molar-refractivity contribution is 9.10. The van der Waals surface area contributed by atoms with E-state index in [0.29, 0.717) is 10.0 Å². The minimum Gasteiger partial charge on any atom is -0.0826 e. The Bertz CT molecular complexity index is 572. The van der Waals surface area contributed by atoms with Crippen molar-refractivity contribution < 1.29 is 0 Å². The maximum atomic E-state index is 6.14. The van der Waals surface area contributed by atoms with Crippen LogP contribution in [0.5, 0.6) is 0 Å². The third kappa shape index (κ3) is 2.59. The first-order valence-corrected chi connectivity index (χ1v) is 7.18. The zero-order valence-electron chi connectivity index (χ0n) is 10.4. The van der Waals surface area contributed by atoms with Crippen LogP contribution in [-0.2, 0) is 0 Å². The number of benzene rings is 2. The Kier molecular flexibility index (Phi) is 4.05. The zero-order valence-corrected chi connectivity index (χ0v) is 13.5. The van der Waals surface area contributed by atoms with Crippen molar-refractivity contribution in [1.82, 2.24) is 0 Å². The molecule has 0 N–H and O–H groups in total. The van der Waals surface area contributed by atoms with Crippen molar-refractivity contribution in [1.29, 1.82) is 0 Å². The van der Waals surface area contributed by atoms with Crippen LogP contribution in [0.15, 0.2) is 28.7 Å². The van der Waals surface area contributed by atoms with Crippen molar-refractivity contribution in [3.8, 4) is 11.1 Å². The zero-order chi connectivity index (χ0) is 13.4. The van der Waals surface area contributed by atoms with Gasteiger partial charge >= 0.3 is 0 Å². The molecule has 2 aromatic carbocycles. The number of hydrogen-bond donors (Lipinski definition) is 0. The van der Waals surface area contributed by atoms with Crippen molar-refractivity contribution in [2.24, 2.45) is 0 Å². The third-order valence-corrected chi connectivity index (χ3v) is 4.61. The fourth-order valence-electron chi connectivity index (χ4n) is 2.34. The van der Waals surface area contributed by atoms with Gasteiger partial charge in [-0.1, -0.05) is 40.9 Å². The molecule has 0 heterocycles. The van der Waals surface area contributed by atoms with Gasteiger partial charge in [0.25, 0.3) is 0 Å². The molecule has 0 saturated heterocycles. The van der Waals surface area contributed by atoms with Gasteiger partial charge in [-0.3, -0.25) is 0 Å². The minimum atomic E-state index is 0.558. The van der Waals surface area contributed by atoms with Crippen LogP contribution in [0, 0.1) is 20.8 Å². The highest BCUT2D eigenvalue weighted by Gasteiger charge is 2.11. The number of rotatable bonds is 1. The molecular formula is C15H13BrCl2. The molecule has 0 fully saturated rings. The first-order valence-electron chi connectivity index (χ1n) is 5.63. The molecule has 0 saturated carbocycles. The molecule has 2 rings (SSSR count). The van der Waals surface area contributed by atoms with Crippen LogP contribution in [-0.4, -0.2) is 0 Å². The number of aryl methyl sites for hydroxylation is 3. The second-order valence-electron chi connectivity index (χ2n) is 4.53. The molecule has 0 radical (unpaired) electrons. The van der Waals surface area contributed by atoms with E-state index in [4.69, 9.17) is 23.2 Å². The van der Waals surface area contributed by atoms with Gasteiger partial charge in [0.05, 0.1) is 10.0 Å². The molecule has 0 amide bonds. The first-order chi connectivity index (χ1) is 8.40. The van der Waals surface area contributed by atoms with Gasteiger partial charge in [-0.25, -0.2) is 0 Å². The van der Waals surface area contributed by atoms with Crippen LogP contribution in [0.1, 0.15) is 16.7 Å². The highest BCUT2D eigenvalue weighted by atomic mass is 79.9. The Morgan fingerprint density at radius 1 is 0.889 bits per heavy atom. The Hall–Kier alpha value is -0.500. The highest BCUT2D eigenvalue weighted by Crippen LogP contribution is 2.37. The number of hydrogen-bond acceptors (Lipinski definition) is 0. The summed E-state index contributed by atoms with van der Waals surface area (Å²) >= 11 is 15.6. The van der Waals surface area contributed by atoms with Crippen LogP contribution in [0.25, 0.3) is 11.1 Å². The summed E-state index contributed by atoms with van der Waals surface area (Å²) in [4.78, 5) is 0. The number of halogens is 3. The summed E-state index contributed by atoms with van der Waals surface area (Å²) in [5.74, 6) is 0. The quantitative estimate of drug-likeness (QED) is 0.529. The molecule has 94 valence electrons. The van der Waals surface area contributed by atoms with Crippen LogP contribution < -0.4 is 0 Å². The molecule has 0 aromatic heterocycles. The van der Waals surface area contributed by atoms with Crippen molar-refractivity contribution in [3.63, 3.8) is 0 Å². The summed E-state index contributed by atoms with van der Waals surface area (Å²) in [6.07, 6.45) is 0. The molecule has 0 aliphatic carbocycles. The Morgan fingerprint density at radius 2 is 1.44 bits per heavy atom. The predicted molar refractivity (Wildman–Crippen MR) is 83.8 cm³/mol. The van der Waals surface area contributed by atoms with Crippen molar-refractivity contribution >= 4 is 39.1 Å². The van der Waals surface area contributed by atoms with Crippen LogP contribution >= 0.6 is 39.1 Å². The van der Waals surface area contributed by atoms with E-state index in [1.807, 2.05) is 12.1 Å². The summed E-state index contributed by atoms with van der Waals surface area (Å²) in [6, 6.07) is 8.29. The van der Waals surface area contributed by atoms with E-state index in [1.54, 1.807) is 0 Å². The molecule has 0 atom stereocenters. The van der Waals surface area contributed by atoms with E-state index in [-0.39, 0.29) is 0 Å². The Labute approximate surface area is 126 Å². The molecule has 0 unspecified atom stereocenters. The molecule has 18 heavy (non-hydrogen) atoms. The Balaban J connectivity index is 2.70. The van der Waals surface area contributed by atoms with Gasteiger partial charge in [0, 0.05) is 4.47 Å². The molecular weight excluding hydrogens is 331 g/mol. The van der Waals surface area contributed by atoms with Gasteiger partial charge in [0.15, 0.2) is 0 Å². The molecule has 0 aliphatic heterocycles. The first kappa shape index (κ1) is 13.9. The van der Waals surface area contributed by atoms with E-state index in [9.17, 15) is 0 Å². The molecule has 0 aliphatic rings. The molecule has 0 bridgehead atoms. The van der Waals surface area contributed by atoms with Crippen molar-refractivity contribution in [3.05, 3.63) is 55.5 Å². The predicted octanol–water partition coefficient (Wildman–Crippen LogP) is 6.35. The molecule has 0 spiro atoms. The van der Waals surface area contributed by atoms with Crippen LogP contribution in [0.3, 0.4) is 0 Å². The van der Waals surface area contributed by atoms with Gasteiger partial charge < -0.3 is 0 Å². The lowest BCUT2D eigenvalue weighted by Crippen LogP contribution is -1.90. The molecule has 2 aromatic rings. The fraction of sp³-hybridized carbons (Fsp3) is 0.200. The summed E-state index contributed by atoms with van der Waals surface area (Å²) in [5.41, 5.74) is 6.08. The summed E-state index contributed by atoms with van der Waals surface area (Å²) in [6.45, 7) is 6.34. The maximum Gasteiger partial charge on any atom is 0.0734 e. The average Bonchev–Trinajstić information content (AvgIpc) is 2.24. The van der Waals surface area contributed by atoms with Crippen molar-refractivity contribution in [2.45, 2.75) is 20.8 Å². The van der Waals surface area contributed by atoms with Crippen molar-refractivity contribution in [2.75, 3.05) is 0 Å². The van der Waals surface area contributed by atoms with E-state index >= 15 is 0 Å². The standard InChI is InChI=1S/C15H13BrCl2/c1-8-4-9(2)14(10(3)5-8)11-6-12(16)15(18)13(17)7-11/h4-7H,1-3H3. The van der Waals surface area contributed by atoms with E-state index in [2.05, 4.69) is 48.8 Å². The van der Waals surface area contributed by atoms with Crippen LogP contribution in [0.2, 0.25) is 10.0 Å². The van der Waals surface area contributed by atoms with Crippen LogP contribution in [0.4, 0.5) is 0 Å². The minimum absolute atomic E-state index is 0.558. The smallest absolute Gasteiger partial charge is 0.0734 e. The normalized spacial score (nSPS) is 10.8. The largest absolute Gasteiger partial charge is 0.0826 e. The monoisotopic (exact) mass is 342 g/mol. The summed E-state index contributed by atoms with van der Waals surface area (Å²) in [7, 11) is 0. The lowest BCUT2D eigenvalue weighted by Gasteiger charge is -2.13. The summed E-state index contributed by atoms with van der Waals surface area (Å²) < 4.78 is 0.825. The fourth-order valence-corrected chi connectivity index (χ4v) is 3.24. The lowest BCUT2D eigenvalue weighted by atomic mass is 9.94. The maximum absolute atomic E-state index is 6.14. The Morgan fingerprint density at radius 3 is 1.94 bits per heavy atom. The van der Waals surface area contributed by atoms with E-state index in [0.717, 1.165) is 10.0 Å². The van der Waals surface area contributed by atoms with Gasteiger partial charge in [0.1, 0.15) is 0 Å². The topological polar surface area (TPSA) is 0 Å². The van der Waals surface area contributed by atoms with E-state index < -0.39 is 0 Å². The second-order valence-corrected chi connectivity index (χ2v) is 6.17. The third-order valence-electron chi connectivity index (χ3n) is 2.95. The second kappa shape index (κ2) is 5.24. The SMILES string of the molecule is Cc1cc(C)c(-c2cc(Cl)c(Cl)c(Br)c2)c(C)c1. The van der Waals surface area contributed by atoms with Gasteiger partial charge in [0.2, 0.25) is 0 Å². The van der Waals surface area contributed by atoms with E-state index in [1.165, 1.54) is 22.3 Å². The van der Waals surface area contributed by atoms with Gasteiger partial charge in [-0.05, 0) is 71.1 Å².